The molecule has 0 radical (unpaired) electrons. The molecule has 0 saturated heterocycles. The maximum atomic E-state index is 9.90. The predicted molar refractivity (Wildman–Crippen MR) is 61.5 cm³/mol. The first kappa shape index (κ1) is 12.3. The lowest BCUT2D eigenvalue weighted by atomic mass is 10.1. The molecule has 0 aliphatic rings. The van der Waals surface area contributed by atoms with Gasteiger partial charge < -0.3 is 15.2 Å². The van der Waals surface area contributed by atoms with E-state index in [4.69, 9.17) is 16.3 Å². The van der Waals surface area contributed by atoms with Crippen LogP contribution < -0.4 is 5.32 Å². The second-order valence-corrected chi connectivity index (χ2v) is 3.80. The van der Waals surface area contributed by atoms with E-state index in [9.17, 15) is 5.11 Å². The van der Waals surface area contributed by atoms with Crippen LogP contribution in [0, 0.1) is 0 Å². The number of phenols is 1. The molecule has 0 aliphatic carbocycles. The van der Waals surface area contributed by atoms with Crippen LogP contribution >= 0.6 is 11.6 Å². The number of hydrogen-bond donors (Lipinski definition) is 2. The Labute approximate surface area is 95.0 Å². The molecule has 3 nitrogen and oxygen atoms in total. The summed E-state index contributed by atoms with van der Waals surface area (Å²) in [5, 5.41) is 13.6. The van der Waals surface area contributed by atoms with Gasteiger partial charge in [0.1, 0.15) is 5.75 Å². The molecule has 0 aliphatic heterocycles. The lowest BCUT2D eigenvalue weighted by Crippen LogP contribution is -2.10. The van der Waals surface area contributed by atoms with Crippen molar-refractivity contribution >= 4 is 11.6 Å². The smallest absolute Gasteiger partial charge is 0.124 e. The average Bonchev–Trinajstić information content (AvgIpc) is 2.21. The average molecular weight is 230 g/mol. The van der Waals surface area contributed by atoms with Crippen LogP contribution in [0.4, 0.5) is 0 Å². The fraction of sp³-hybridized carbons (Fsp3) is 0.455. The molecule has 84 valence electrons. The van der Waals surface area contributed by atoms with Crippen LogP contribution in [0.15, 0.2) is 12.1 Å². The van der Waals surface area contributed by atoms with Gasteiger partial charge in [0.05, 0.1) is 6.61 Å². The number of hydrogen-bond acceptors (Lipinski definition) is 3. The summed E-state index contributed by atoms with van der Waals surface area (Å²) in [6.07, 6.45) is 0.750. The molecule has 0 saturated carbocycles. The maximum absolute atomic E-state index is 9.90. The van der Waals surface area contributed by atoms with Crippen molar-refractivity contribution in [2.45, 2.75) is 13.0 Å². The van der Waals surface area contributed by atoms with E-state index in [0.29, 0.717) is 11.6 Å². The molecule has 0 bridgehead atoms. The molecule has 1 rings (SSSR count). The van der Waals surface area contributed by atoms with Gasteiger partial charge in [-0.15, -0.1) is 0 Å². The highest BCUT2D eigenvalue weighted by molar-refractivity contribution is 6.30. The van der Waals surface area contributed by atoms with Gasteiger partial charge in [0.15, 0.2) is 0 Å². The Bertz CT molecular complexity index is 329. The van der Waals surface area contributed by atoms with Crippen molar-refractivity contribution in [2.24, 2.45) is 0 Å². The summed E-state index contributed by atoms with van der Waals surface area (Å²) in [5.74, 6) is 0.288. The first-order chi connectivity index (χ1) is 7.19. The van der Waals surface area contributed by atoms with Crippen LogP contribution in [0.25, 0.3) is 0 Å². The molecular weight excluding hydrogens is 214 g/mol. The minimum absolute atomic E-state index is 0.288. The zero-order valence-corrected chi connectivity index (χ0v) is 9.77. The lowest BCUT2D eigenvalue weighted by molar-refractivity contribution is 0.182. The van der Waals surface area contributed by atoms with E-state index in [1.165, 1.54) is 0 Å². The van der Waals surface area contributed by atoms with Crippen LogP contribution in [0.1, 0.15) is 11.1 Å². The van der Waals surface area contributed by atoms with Crippen molar-refractivity contribution in [1.29, 1.82) is 0 Å². The third-order valence-corrected chi connectivity index (χ3v) is 2.39. The first-order valence-electron chi connectivity index (χ1n) is 4.82. The zero-order valence-electron chi connectivity index (χ0n) is 9.01. The lowest BCUT2D eigenvalue weighted by Gasteiger charge is -2.10. The molecule has 1 aromatic carbocycles. The van der Waals surface area contributed by atoms with Gasteiger partial charge in [0.25, 0.3) is 0 Å². The molecule has 1 aromatic rings. The predicted octanol–water partition coefficient (Wildman–Crippen LogP) is 1.95. The van der Waals surface area contributed by atoms with Gasteiger partial charge in [-0.3, -0.25) is 0 Å². The van der Waals surface area contributed by atoms with E-state index < -0.39 is 0 Å². The van der Waals surface area contributed by atoms with E-state index >= 15 is 0 Å². The largest absolute Gasteiger partial charge is 0.507 e. The number of phenolic OH excluding ortho intramolecular Hbond substituents is 1. The normalized spacial score (nSPS) is 10.6. The van der Waals surface area contributed by atoms with Gasteiger partial charge in [0.2, 0.25) is 0 Å². The quantitative estimate of drug-likeness (QED) is 0.811. The summed E-state index contributed by atoms with van der Waals surface area (Å²) in [6.45, 7) is 1.18. The molecule has 15 heavy (non-hydrogen) atoms. The molecule has 0 aromatic heterocycles. The second-order valence-electron chi connectivity index (χ2n) is 3.36. The maximum Gasteiger partial charge on any atom is 0.124 e. The summed E-state index contributed by atoms with van der Waals surface area (Å²) in [7, 11) is 3.46. The first-order valence-corrected chi connectivity index (χ1v) is 5.20. The SMILES string of the molecule is CNCCc1cc(Cl)cc(COC)c1O. The van der Waals surface area contributed by atoms with E-state index in [1.54, 1.807) is 19.2 Å². The third-order valence-electron chi connectivity index (χ3n) is 2.18. The molecule has 2 N–H and O–H groups in total. The highest BCUT2D eigenvalue weighted by atomic mass is 35.5. The highest BCUT2D eigenvalue weighted by Crippen LogP contribution is 2.27. The van der Waals surface area contributed by atoms with Crippen molar-refractivity contribution in [3.8, 4) is 5.75 Å². The standard InChI is InChI=1S/C11H16ClNO2/c1-13-4-3-8-5-10(12)6-9(7-15-2)11(8)14/h5-6,13-14H,3-4,7H2,1-2H3. The van der Waals surface area contributed by atoms with Crippen LogP contribution in [-0.2, 0) is 17.8 Å². The number of benzene rings is 1. The molecule has 0 heterocycles. The topological polar surface area (TPSA) is 41.5 Å². The van der Waals surface area contributed by atoms with Crippen LogP contribution in [0.5, 0.6) is 5.75 Å². The summed E-state index contributed by atoms with van der Waals surface area (Å²) >= 11 is 5.95. The van der Waals surface area contributed by atoms with Crippen molar-refractivity contribution in [1.82, 2.24) is 5.32 Å². The number of likely N-dealkylation sites (N-methyl/N-ethyl adjacent to an activating group) is 1. The Kier molecular flexibility index (Phi) is 4.88. The number of halogens is 1. The van der Waals surface area contributed by atoms with Crippen LogP contribution in [0.2, 0.25) is 5.02 Å². The van der Waals surface area contributed by atoms with Crippen LogP contribution in [0.3, 0.4) is 0 Å². The van der Waals surface area contributed by atoms with Crippen molar-refractivity contribution in [3.05, 3.63) is 28.3 Å². The molecule has 0 amide bonds. The van der Waals surface area contributed by atoms with Gasteiger partial charge in [-0.05, 0) is 37.7 Å². The monoisotopic (exact) mass is 229 g/mol. The Balaban J connectivity index is 2.93. The van der Waals surface area contributed by atoms with Crippen molar-refractivity contribution in [2.75, 3.05) is 20.7 Å². The van der Waals surface area contributed by atoms with Gasteiger partial charge in [0, 0.05) is 17.7 Å². The number of ether oxygens (including phenoxy) is 1. The summed E-state index contributed by atoms with van der Waals surface area (Å²) in [4.78, 5) is 0. The van der Waals surface area contributed by atoms with E-state index in [0.717, 1.165) is 24.1 Å². The van der Waals surface area contributed by atoms with Gasteiger partial charge >= 0.3 is 0 Å². The molecule has 0 spiro atoms. The van der Waals surface area contributed by atoms with E-state index in [-0.39, 0.29) is 5.75 Å². The molecule has 0 atom stereocenters. The molecule has 0 fully saturated rings. The minimum atomic E-state index is 0.288. The molecular formula is C11H16ClNO2. The minimum Gasteiger partial charge on any atom is -0.507 e. The Morgan fingerprint density at radius 2 is 2.07 bits per heavy atom. The fourth-order valence-corrected chi connectivity index (χ4v) is 1.70. The van der Waals surface area contributed by atoms with Gasteiger partial charge in [-0.2, -0.15) is 0 Å². The van der Waals surface area contributed by atoms with E-state index in [2.05, 4.69) is 5.32 Å². The number of methoxy groups -OCH3 is 1. The summed E-state index contributed by atoms with van der Waals surface area (Å²) in [6, 6.07) is 3.51. The van der Waals surface area contributed by atoms with Crippen molar-refractivity contribution in [3.63, 3.8) is 0 Å². The number of nitrogens with one attached hydrogen (secondary N) is 1. The summed E-state index contributed by atoms with van der Waals surface area (Å²) < 4.78 is 4.99. The van der Waals surface area contributed by atoms with Crippen molar-refractivity contribution < 1.29 is 9.84 Å². The fourth-order valence-electron chi connectivity index (χ4n) is 1.43. The Hall–Kier alpha value is -0.770. The van der Waals surface area contributed by atoms with Gasteiger partial charge in [-0.1, -0.05) is 11.6 Å². The van der Waals surface area contributed by atoms with Gasteiger partial charge in [-0.25, -0.2) is 0 Å². The highest BCUT2D eigenvalue weighted by Gasteiger charge is 2.08. The van der Waals surface area contributed by atoms with E-state index in [1.807, 2.05) is 7.05 Å². The molecule has 4 heteroatoms. The number of rotatable bonds is 5. The number of aromatic hydroxyl groups is 1. The Morgan fingerprint density at radius 3 is 2.67 bits per heavy atom. The second kappa shape index (κ2) is 5.95. The zero-order chi connectivity index (χ0) is 11.3. The molecule has 0 unspecified atom stereocenters. The van der Waals surface area contributed by atoms with Crippen LogP contribution in [-0.4, -0.2) is 25.8 Å². The Morgan fingerprint density at radius 1 is 1.40 bits per heavy atom. The summed E-state index contributed by atoms with van der Waals surface area (Å²) in [5.41, 5.74) is 1.58. The third kappa shape index (κ3) is 3.38.